The van der Waals surface area contributed by atoms with Gasteiger partial charge in [-0.2, -0.15) is 0 Å². The van der Waals surface area contributed by atoms with Gasteiger partial charge in [-0.1, -0.05) is 30.3 Å². The van der Waals surface area contributed by atoms with Crippen LogP contribution in [0.4, 0.5) is 0 Å². The predicted molar refractivity (Wildman–Crippen MR) is 97.8 cm³/mol. The molecule has 0 bridgehead atoms. The van der Waals surface area contributed by atoms with E-state index in [-0.39, 0.29) is 11.2 Å². The summed E-state index contributed by atoms with van der Waals surface area (Å²) in [4.78, 5) is 28.6. The Morgan fingerprint density at radius 1 is 1.12 bits per heavy atom. The van der Waals surface area contributed by atoms with Gasteiger partial charge >= 0.3 is 5.69 Å². The van der Waals surface area contributed by atoms with Crippen molar-refractivity contribution in [2.75, 3.05) is 6.54 Å². The molecule has 7 heteroatoms. The zero-order valence-corrected chi connectivity index (χ0v) is 14.8. The highest BCUT2D eigenvalue weighted by Gasteiger charge is 2.14. The monoisotopic (exact) mass is 341 g/mol. The van der Waals surface area contributed by atoms with Crippen LogP contribution >= 0.6 is 0 Å². The van der Waals surface area contributed by atoms with Gasteiger partial charge in [0, 0.05) is 33.2 Å². The molecule has 0 amide bonds. The van der Waals surface area contributed by atoms with Gasteiger partial charge in [0.05, 0.1) is 6.33 Å². The molecule has 0 fully saturated rings. The molecule has 0 spiro atoms. The smallest absolute Gasteiger partial charge is 0.323 e. The molecule has 25 heavy (non-hydrogen) atoms. The Bertz CT molecular complexity index is 984. The van der Waals surface area contributed by atoms with Crippen LogP contribution in [0.1, 0.15) is 12.5 Å². The van der Waals surface area contributed by atoms with Crippen molar-refractivity contribution in [2.24, 2.45) is 14.1 Å². The standard InChI is InChI=1S/C18H23N5O2/c1-13(11-14-7-5-4-6-8-14)19-9-10-23-12-20-16-15(23)17(24)22(3)18(25)21(16)2/h4-8,12-13,19H,9-11H2,1-3H3/t13-/m1/s1. The molecule has 0 aliphatic carbocycles. The fourth-order valence-corrected chi connectivity index (χ4v) is 3.04. The number of aromatic nitrogens is 4. The second kappa shape index (κ2) is 7.06. The Morgan fingerprint density at radius 2 is 1.84 bits per heavy atom. The average molecular weight is 341 g/mol. The van der Waals surface area contributed by atoms with E-state index in [0.29, 0.717) is 30.3 Å². The lowest BCUT2D eigenvalue weighted by molar-refractivity contribution is 0.515. The molecule has 2 heterocycles. The third-order valence-corrected chi connectivity index (χ3v) is 4.45. The lowest BCUT2D eigenvalue weighted by Crippen LogP contribution is -2.38. The SMILES string of the molecule is C[C@H](Cc1ccccc1)NCCn1cnc2c1c(=O)n(C)c(=O)n2C. The minimum atomic E-state index is -0.364. The van der Waals surface area contributed by atoms with E-state index in [0.717, 1.165) is 11.0 Å². The Kier molecular flexibility index (Phi) is 4.85. The van der Waals surface area contributed by atoms with Gasteiger partial charge in [-0.15, -0.1) is 0 Å². The summed E-state index contributed by atoms with van der Waals surface area (Å²) in [5.74, 6) is 0. The highest BCUT2D eigenvalue weighted by molar-refractivity contribution is 5.69. The van der Waals surface area contributed by atoms with Gasteiger partial charge in [0.15, 0.2) is 11.2 Å². The minimum Gasteiger partial charge on any atom is -0.323 e. The normalized spacial score (nSPS) is 12.6. The Labute approximate surface area is 145 Å². The number of imidazole rings is 1. The maximum absolute atomic E-state index is 12.4. The maximum Gasteiger partial charge on any atom is 0.332 e. The van der Waals surface area contributed by atoms with Crippen LogP contribution in [0.15, 0.2) is 46.2 Å². The van der Waals surface area contributed by atoms with Gasteiger partial charge in [0.25, 0.3) is 5.56 Å². The number of benzene rings is 1. The first-order valence-electron chi connectivity index (χ1n) is 8.37. The molecule has 3 aromatic rings. The summed E-state index contributed by atoms with van der Waals surface area (Å²) in [6.45, 7) is 3.47. The van der Waals surface area contributed by atoms with E-state index in [1.54, 1.807) is 17.9 Å². The molecule has 2 aromatic heterocycles. The Balaban J connectivity index is 1.70. The molecule has 0 saturated heterocycles. The molecule has 0 radical (unpaired) electrons. The van der Waals surface area contributed by atoms with Crippen molar-refractivity contribution < 1.29 is 0 Å². The van der Waals surface area contributed by atoms with E-state index in [2.05, 4.69) is 29.4 Å². The quantitative estimate of drug-likeness (QED) is 0.715. The molecule has 1 aromatic carbocycles. The highest BCUT2D eigenvalue weighted by atomic mass is 16.2. The maximum atomic E-state index is 12.4. The molecule has 7 nitrogen and oxygen atoms in total. The van der Waals surface area contributed by atoms with Crippen molar-refractivity contribution in [3.05, 3.63) is 63.1 Å². The fourth-order valence-electron chi connectivity index (χ4n) is 3.04. The first-order chi connectivity index (χ1) is 12.0. The van der Waals surface area contributed by atoms with E-state index >= 15 is 0 Å². The van der Waals surface area contributed by atoms with Gasteiger partial charge in [-0.25, -0.2) is 9.78 Å². The van der Waals surface area contributed by atoms with E-state index in [1.165, 1.54) is 17.2 Å². The molecule has 1 atom stereocenters. The predicted octanol–water partition coefficient (Wildman–Crippen LogP) is 0.654. The van der Waals surface area contributed by atoms with Gasteiger partial charge in [0.2, 0.25) is 0 Å². The number of nitrogens with one attached hydrogen (secondary N) is 1. The third-order valence-electron chi connectivity index (χ3n) is 4.45. The molecule has 0 unspecified atom stereocenters. The van der Waals surface area contributed by atoms with Crippen LogP contribution in [-0.4, -0.2) is 31.3 Å². The second-order valence-electron chi connectivity index (χ2n) is 6.36. The van der Waals surface area contributed by atoms with Crippen LogP contribution in [0.3, 0.4) is 0 Å². The number of aryl methyl sites for hydroxylation is 1. The summed E-state index contributed by atoms with van der Waals surface area (Å²) in [6, 6.07) is 10.7. The molecular formula is C18H23N5O2. The largest absolute Gasteiger partial charge is 0.332 e. The van der Waals surface area contributed by atoms with E-state index in [9.17, 15) is 9.59 Å². The van der Waals surface area contributed by atoms with Crippen molar-refractivity contribution in [1.82, 2.24) is 24.0 Å². The zero-order valence-electron chi connectivity index (χ0n) is 14.8. The highest BCUT2D eigenvalue weighted by Crippen LogP contribution is 2.05. The summed E-state index contributed by atoms with van der Waals surface area (Å²) in [7, 11) is 3.11. The van der Waals surface area contributed by atoms with Gasteiger partial charge < -0.3 is 9.88 Å². The van der Waals surface area contributed by atoms with E-state index in [4.69, 9.17) is 0 Å². The van der Waals surface area contributed by atoms with Gasteiger partial charge in [0.1, 0.15) is 0 Å². The molecular weight excluding hydrogens is 318 g/mol. The lowest BCUT2D eigenvalue weighted by Gasteiger charge is -2.14. The molecule has 0 aliphatic heterocycles. The number of nitrogens with zero attached hydrogens (tertiary/aromatic N) is 4. The van der Waals surface area contributed by atoms with Crippen molar-refractivity contribution in [3.8, 4) is 0 Å². The Hall–Kier alpha value is -2.67. The van der Waals surface area contributed by atoms with Crippen molar-refractivity contribution in [1.29, 1.82) is 0 Å². The number of hydrogen-bond donors (Lipinski definition) is 1. The van der Waals surface area contributed by atoms with Crippen LogP contribution in [-0.2, 0) is 27.1 Å². The summed E-state index contributed by atoms with van der Waals surface area (Å²) >= 11 is 0. The zero-order chi connectivity index (χ0) is 18.0. The van der Waals surface area contributed by atoms with Crippen molar-refractivity contribution >= 4 is 11.2 Å². The molecule has 1 N–H and O–H groups in total. The van der Waals surface area contributed by atoms with E-state index < -0.39 is 0 Å². The van der Waals surface area contributed by atoms with Crippen LogP contribution in [0.5, 0.6) is 0 Å². The molecule has 3 rings (SSSR count). The first kappa shape index (κ1) is 17.2. The van der Waals surface area contributed by atoms with Crippen LogP contribution in [0.25, 0.3) is 11.2 Å². The topological polar surface area (TPSA) is 73.8 Å². The number of rotatable bonds is 6. The average Bonchev–Trinajstić information content (AvgIpc) is 3.03. The number of hydrogen-bond acceptors (Lipinski definition) is 4. The first-order valence-corrected chi connectivity index (χ1v) is 8.37. The Morgan fingerprint density at radius 3 is 2.56 bits per heavy atom. The molecule has 132 valence electrons. The van der Waals surface area contributed by atoms with Crippen LogP contribution < -0.4 is 16.6 Å². The summed E-state index contributed by atoms with van der Waals surface area (Å²) in [6.07, 6.45) is 2.57. The van der Waals surface area contributed by atoms with Gasteiger partial charge in [-0.3, -0.25) is 13.9 Å². The molecule has 0 saturated carbocycles. The molecule has 0 aliphatic rings. The fraction of sp³-hybridized carbons (Fsp3) is 0.389. The van der Waals surface area contributed by atoms with Crippen molar-refractivity contribution in [3.63, 3.8) is 0 Å². The summed E-state index contributed by atoms with van der Waals surface area (Å²) in [5.41, 5.74) is 1.50. The van der Waals surface area contributed by atoms with E-state index in [1.807, 2.05) is 18.2 Å². The van der Waals surface area contributed by atoms with Crippen LogP contribution in [0.2, 0.25) is 0 Å². The third kappa shape index (κ3) is 3.41. The lowest BCUT2D eigenvalue weighted by atomic mass is 10.1. The number of fused-ring (bicyclic) bond motifs is 1. The van der Waals surface area contributed by atoms with Gasteiger partial charge in [-0.05, 0) is 18.9 Å². The minimum absolute atomic E-state index is 0.312. The van der Waals surface area contributed by atoms with Crippen molar-refractivity contribution in [2.45, 2.75) is 25.9 Å². The van der Waals surface area contributed by atoms with Crippen LogP contribution in [0, 0.1) is 0 Å². The second-order valence-corrected chi connectivity index (χ2v) is 6.36. The summed E-state index contributed by atoms with van der Waals surface area (Å²) in [5, 5.41) is 3.47. The summed E-state index contributed by atoms with van der Waals surface area (Å²) < 4.78 is 4.32.